The summed E-state index contributed by atoms with van der Waals surface area (Å²) in [5, 5.41) is 6.36. The van der Waals surface area contributed by atoms with Gasteiger partial charge in [0, 0.05) is 0 Å². The average Bonchev–Trinajstić information content (AvgIpc) is 1.87. The Kier molecular flexibility index (Phi) is 1.14. The van der Waals surface area contributed by atoms with Crippen molar-refractivity contribution in [1.82, 2.24) is 15.2 Å². The molecule has 0 saturated heterocycles. The van der Waals surface area contributed by atoms with Gasteiger partial charge in [-0.2, -0.15) is 0 Å². The summed E-state index contributed by atoms with van der Waals surface area (Å²) in [6.07, 6.45) is 0. The van der Waals surface area contributed by atoms with Gasteiger partial charge in [-0.3, -0.25) is 5.10 Å². The molecule has 0 atom stereocenters. The second-order valence-electron chi connectivity index (χ2n) is 1.19. The van der Waals surface area contributed by atoms with Crippen molar-refractivity contribution < 1.29 is 0 Å². The molecule has 1 rings (SSSR count). The van der Waals surface area contributed by atoms with Gasteiger partial charge in [-0.1, -0.05) is 0 Å². The lowest BCUT2D eigenvalue weighted by Gasteiger charge is -1.66. The Morgan fingerprint density at radius 2 is 2.43 bits per heavy atom. The van der Waals surface area contributed by atoms with Crippen LogP contribution in [-0.2, 0) is 0 Å². The second-order valence-corrected chi connectivity index (χ2v) is 1.90. The van der Waals surface area contributed by atoms with Crippen LogP contribution in [0.15, 0.2) is 4.73 Å². The first-order chi connectivity index (χ1) is 3.29. The maximum atomic E-state index is 3.86. The third kappa shape index (κ3) is 1.02. The van der Waals surface area contributed by atoms with Gasteiger partial charge in [-0.15, -0.1) is 5.10 Å². The van der Waals surface area contributed by atoms with Crippen LogP contribution in [0.2, 0.25) is 0 Å². The molecule has 0 fully saturated rings. The average molecular weight is 160 g/mol. The van der Waals surface area contributed by atoms with E-state index >= 15 is 0 Å². The molecule has 1 aromatic heterocycles. The van der Waals surface area contributed by atoms with Crippen molar-refractivity contribution in [3.8, 4) is 0 Å². The van der Waals surface area contributed by atoms with Crippen molar-refractivity contribution in [2.75, 3.05) is 0 Å². The van der Waals surface area contributed by atoms with E-state index in [1.54, 1.807) is 0 Å². The highest BCUT2D eigenvalue weighted by molar-refractivity contribution is 9.10. The van der Waals surface area contributed by atoms with E-state index in [1.807, 2.05) is 7.85 Å². The third-order valence-electron chi connectivity index (χ3n) is 0.570. The molecular weight excluding hydrogens is 157 g/mol. The monoisotopic (exact) mass is 159 g/mol. The van der Waals surface area contributed by atoms with Gasteiger partial charge in [0.25, 0.3) is 0 Å². The highest BCUT2D eigenvalue weighted by Gasteiger charge is 1.88. The van der Waals surface area contributed by atoms with Crippen LogP contribution in [-0.4, -0.2) is 23.0 Å². The van der Waals surface area contributed by atoms with Crippen molar-refractivity contribution in [1.29, 1.82) is 0 Å². The molecule has 0 spiro atoms. The fourth-order valence-electron chi connectivity index (χ4n) is 0.315. The van der Waals surface area contributed by atoms with Gasteiger partial charge in [-0.05, 0) is 15.9 Å². The van der Waals surface area contributed by atoms with Gasteiger partial charge >= 0.3 is 0 Å². The summed E-state index contributed by atoms with van der Waals surface area (Å²) in [6, 6.07) is 0. The summed E-state index contributed by atoms with van der Waals surface area (Å²) >= 11 is 3.08. The number of nitrogens with zero attached hydrogens (tertiary/aromatic N) is 2. The van der Waals surface area contributed by atoms with Gasteiger partial charge in [0.05, 0.1) is 5.72 Å². The van der Waals surface area contributed by atoms with Crippen LogP contribution in [0.25, 0.3) is 0 Å². The molecule has 0 amide bonds. The lowest BCUT2D eigenvalue weighted by atomic mass is 10.1. The summed E-state index contributed by atoms with van der Waals surface area (Å²) in [7, 11) is 1.84. The van der Waals surface area contributed by atoms with E-state index in [0.717, 1.165) is 5.72 Å². The molecule has 1 heterocycles. The Morgan fingerprint density at radius 3 is 2.57 bits per heavy atom. The van der Waals surface area contributed by atoms with Crippen LogP contribution in [0.4, 0.5) is 0 Å². The molecule has 0 saturated carbocycles. The third-order valence-corrected chi connectivity index (χ3v) is 0.925. The van der Waals surface area contributed by atoms with Crippen LogP contribution >= 0.6 is 15.9 Å². The van der Waals surface area contributed by atoms with E-state index in [-0.39, 0.29) is 0 Å². The Balaban J connectivity index is 3.04. The van der Waals surface area contributed by atoms with Gasteiger partial charge in [0.15, 0.2) is 7.85 Å². The van der Waals surface area contributed by atoms with E-state index in [1.165, 1.54) is 0 Å². The normalized spacial score (nSPS) is 9.29. The van der Waals surface area contributed by atoms with Gasteiger partial charge < -0.3 is 0 Å². The summed E-state index contributed by atoms with van der Waals surface area (Å²) < 4.78 is 0.616. The van der Waals surface area contributed by atoms with E-state index in [0.29, 0.717) is 4.73 Å². The minimum Gasteiger partial charge on any atom is -0.272 e. The molecule has 0 radical (unpaired) electrons. The zero-order chi connectivity index (χ0) is 5.28. The van der Waals surface area contributed by atoms with E-state index in [9.17, 15) is 0 Å². The van der Waals surface area contributed by atoms with E-state index in [4.69, 9.17) is 0 Å². The Morgan fingerprint density at radius 1 is 1.71 bits per heavy atom. The maximum absolute atomic E-state index is 3.86. The summed E-state index contributed by atoms with van der Waals surface area (Å²) in [5.74, 6) is 0. The van der Waals surface area contributed by atoms with Crippen molar-refractivity contribution in [2.24, 2.45) is 0 Å². The van der Waals surface area contributed by atoms with Crippen molar-refractivity contribution in [3.05, 3.63) is 4.73 Å². The smallest absolute Gasteiger partial charge is 0.216 e. The fraction of sp³-hybridized carbons (Fsp3) is 0. The number of hydrogen-bond acceptors (Lipinski definition) is 2. The maximum Gasteiger partial charge on any atom is 0.216 e. The Bertz CT molecular complexity index is 145. The van der Waals surface area contributed by atoms with Crippen molar-refractivity contribution >= 4 is 29.5 Å². The minimum atomic E-state index is 0.616. The van der Waals surface area contributed by atoms with Crippen LogP contribution in [0.1, 0.15) is 0 Å². The molecule has 0 bridgehead atoms. The molecule has 0 aliphatic carbocycles. The number of H-pyrrole nitrogens is 1. The first-order valence-electron chi connectivity index (χ1n) is 1.83. The quantitative estimate of drug-likeness (QED) is 0.485. The standard InChI is InChI=1S/C2H3BBrN3/c3-1-5-2(4)7-6-1/h3H2,(H,5,6,7). The minimum absolute atomic E-state index is 0.616. The number of halogens is 1. The van der Waals surface area contributed by atoms with E-state index in [2.05, 4.69) is 31.1 Å². The predicted molar refractivity (Wildman–Crippen MR) is 32.3 cm³/mol. The van der Waals surface area contributed by atoms with Gasteiger partial charge in [-0.25, -0.2) is 4.98 Å². The van der Waals surface area contributed by atoms with E-state index < -0.39 is 0 Å². The largest absolute Gasteiger partial charge is 0.272 e. The van der Waals surface area contributed by atoms with Gasteiger partial charge in [0.1, 0.15) is 0 Å². The summed E-state index contributed by atoms with van der Waals surface area (Å²) in [6.45, 7) is 0. The van der Waals surface area contributed by atoms with Crippen LogP contribution in [0, 0.1) is 0 Å². The molecule has 1 aromatic rings. The molecule has 0 aromatic carbocycles. The zero-order valence-corrected chi connectivity index (χ0v) is 5.36. The summed E-state index contributed by atoms with van der Waals surface area (Å²) in [4.78, 5) is 3.86. The van der Waals surface area contributed by atoms with Crippen molar-refractivity contribution in [3.63, 3.8) is 0 Å². The lowest BCUT2D eigenvalue weighted by molar-refractivity contribution is 1.08. The molecular formula is C2H3BBrN3. The molecule has 0 aliphatic heterocycles. The Labute approximate surface area is 50.1 Å². The van der Waals surface area contributed by atoms with Crippen LogP contribution in [0.3, 0.4) is 0 Å². The van der Waals surface area contributed by atoms with Gasteiger partial charge in [0.2, 0.25) is 4.73 Å². The fourth-order valence-corrected chi connectivity index (χ4v) is 0.670. The molecule has 7 heavy (non-hydrogen) atoms. The molecule has 5 heteroatoms. The molecule has 0 unspecified atom stereocenters. The molecule has 36 valence electrons. The van der Waals surface area contributed by atoms with Crippen LogP contribution in [0.5, 0.6) is 0 Å². The Hall–Kier alpha value is -0.315. The lowest BCUT2D eigenvalue weighted by Crippen LogP contribution is -2.05. The zero-order valence-electron chi connectivity index (χ0n) is 3.77. The topological polar surface area (TPSA) is 41.6 Å². The summed E-state index contributed by atoms with van der Waals surface area (Å²) in [5.41, 5.74) is 0.826. The van der Waals surface area contributed by atoms with Crippen LogP contribution < -0.4 is 5.72 Å². The first-order valence-corrected chi connectivity index (χ1v) is 2.63. The SMILES string of the molecule is Bc1nc(Br)n[nH]1. The second kappa shape index (κ2) is 1.65. The number of nitrogens with one attached hydrogen (secondary N) is 1. The number of rotatable bonds is 0. The van der Waals surface area contributed by atoms with Crippen molar-refractivity contribution in [2.45, 2.75) is 0 Å². The predicted octanol–water partition coefficient (Wildman–Crippen LogP) is -1.17. The number of aromatic amines is 1. The number of hydrogen-bond donors (Lipinski definition) is 1. The molecule has 0 aliphatic rings. The highest BCUT2D eigenvalue weighted by atomic mass is 79.9. The number of aromatic nitrogens is 3. The molecule has 3 nitrogen and oxygen atoms in total. The highest BCUT2D eigenvalue weighted by Crippen LogP contribution is 1.91. The first kappa shape index (κ1) is 4.83. The molecule has 1 N–H and O–H groups in total.